The lowest BCUT2D eigenvalue weighted by atomic mass is 10.1. The van der Waals surface area contributed by atoms with E-state index >= 15 is 0 Å². The van der Waals surface area contributed by atoms with Gasteiger partial charge in [-0.2, -0.15) is 0 Å². The quantitative estimate of drug-likeness (QED) is 0.814. The molecule has 0 heterocycles. The Bertz CT molecular complexity index is 619. The van der Waals surface area contributed by atoms with Crippen LogP contribution in [0.25, 0.3) is 0 Å². The van der Waals surface area contributed by atoms with Gasteiger partial charge in [-0.25, -0.2) is 8.78 Å². The molecule has 0 bridgehead atoms. The molecule has 21 heavy (non-hydrogen) atoms. The predicted octanol–water partition coefficient (Wildman–Crippen LogP) is 3.76. The second-order valence-electron chi connectivity index (χ2n) is 4.61. The standard InChI is InChI=1S/C16H14BrF2NO/c17-10-15(12-4-2-1-3-5-12)20-16(21)9-11-6-7-13(18)14(19)8-11/h1-8,15H,9-10H2,(H,20,21). The van der Waals surface area contributed by atoms with Gasteiger partial charge >= 0.3 is 0 Å². The predicted molar refractivity (Wildman–Crippen MR) is 81.2 cm³/mol. The minimum Gasteiger partial charge on any atom is -0.348 e. The van der Waals surface area contributed by atoms with Crippen LogP contribution in [0.4, 0.5) is 8.78 Å². The van der Waals surface area contributed by atoms with Crippen LogP contribution in [-0.4, -0.2) is 11.2 Å². The summed E-state index contributed by atoms with van der Waals surface area (Å²) in [7, 11) is 0. The molecule has 0 aliphatic carbocycles. The number of hydrogen-bond donors (Lipinski definition) is 1. The van der Waals surface area contributed by atoms with E-state index in [9.17, 15) is 13.6 Å². The van der Waals surface area contributed by atoms with Gasteiger partial charge in [-0.1, -0.05) is 52.3 Å². The summed E-state index contributed by atoms with van der Waals surface area (Å²) in [5, 5.41) is 3.43. The molecule has 0 saturated heterocycles. The molecule has 2 aromatic rings. The molecule has 0 aromatic heterocycles. The first kappa shape index (κ1) is 15.6. The van der Waals surface area contributed by atoms with Crippen molar-refractivity contribution in [3.8, 4) is 0 Å². The van der Waals surface area contributed by atoms with Crippen molar-refractivity contribution in [2.75, 3.05) is 5.33 Å². The monoisotopic (exact) mass is 353 g/mol. The highest BCUT2D eigenvalue weighted by atomic mass is 79.9. The molecule has 110 valence electrons. The van der Waals surface area contributed by atoms with E-state index in [1.54, 1.807) is 0 Å². The van der Waals surface area contributed by atoms with E-state index in [2.05, 4.69) is 21.2 Å². The molecule has 5 heteroatoms. The Kier molecular flexibility index (Phi) is 5.44. The van der Waals surface area contributed by atoms with Gasteiger partial charge in [0.05, 0.1) is 12.5 Å². The van der Waals surface area contributed by atoms with Gasteiger partial charge in [0.15, 0.2) is 11.6 Å². The minimum atomic E-state index is -0.944. The number of amides is 1. The van der Waals surface area contributed by atoms with E-state index < -0.39 is 11.6 Å². The Morgan fingerprint density at radius 2 is 1.81 bits per heavy atom. The number of nitrogens with one attached hydrogen (secondary N) is 1. The van der Waals surface area contributed by atoms with Crippen LogP contribution >= 0.6 is 15.9 Å². The third kappa shape index (κ3) is 4.36. The lowest BCUT2D eigenvalue weighted by Crippen LogP contribution is -2.30. The Labute approximate surface area is 130 Å². The largest absolute Gasteiger partial charge is 0.348 e. The van der Waals surface area contributed by atoms with Gasteiger partial charge in [-0.15, -0.1) is 0 Å². The maximum absolute atomic E-state index is 13.1. The fourth-order valence-corrected chi connectivity index (χ4v) is 2.51. The van der Waals surface area contributed by atoms with Gasteiger partial charge in [0, 0.05) is 5.33 Å². The van der Waals surface area contributed by atoms with Crippen molar-refractivity contribution in [3.05, 3.63) is 71.3 Å². The number of carbonyl (C=O) groups is 1. The first-order chi connectivity index (χ1) is 10.1. The number of halogens is 3. The van der Waals surface area contributed by atoms with Crippen molar-refractivity contribution in [2.24, 2.45) is 0 Å². The van der Waals surface area contributed by atoms with Gasteiger partial charge in [-0.05, 0) is 23.3 Å². The third-order valence-corrected chi connectivity index (χ3v) is 3.69. The SMILES string of the molecule is O=C(Cc1ccc(F)c(F)c1)NC(CBr)c1ccccc1. The van der Waals surface area contributed by atoms with Crippen LogP contribution in [0.2, 0.25) is 0 Å². The van der Waals surface area contributed by atoms with E-state index in [0.717, 1.165) is 17.7 Å². The van der Waals surface area contributed by atoms with Crippen molar-refractivity contribution in [3.63, 3.8) is 0 Å². The molecule has 1 amide bonds. The van der Waals surface area contributed by atoms with Crippen molar-refractivity contribution < 1.29 is 13.6 Å². The minimum absolute atomic E-state index is 0.00747. The number of rotatable bonds is 5. The van der Waals surface area contributed by atoms with Crippen LogP contribution in [0.5, 0.6) is 0 Å². The van der Waals surface area contributed by atoms with Crippen molar-refractivity contribution in [1.29, 1.82) is 0 Å². The second kappa shape index (κ2) is 7.31. The van der Waals surface area contributed by atoms with Crippen molar-refractivity contribution in [2.45, 2.75) is 12.5 Å². The van der Waals surface area contributed by atoms with Gasteiger partial charge in [0.1, 0.15) is 0 Å². The Morgan fingerprint density at radius 1 is 1.10 bits per heavy atom. The van der Waals surface area contributed by atoms with Crippen molar-refractivity contribution >= 4 is 21.8 Å². The van der Waals surface area contributed by atoms with Crippen LogP contribution in [-0.2, 0) is 11.2 Å². The van der Waals surface area contributed by atoms with E-state index in [1.165, 1.54) is 6.07 Å². The first-order valence-corrected chi connectivity index (χ1v) is 7.56. The zero-order valence-electron chi connectivity index (χ0n) is 11.2. The Hall–Kier alpha value is -1.75. The molecule has 2 nitrogen and oxygen atoms in total. The first-order valence-electron chi connectivity index (χ1n) is 6.44. The molecule has 0 spiro atoms. The maximum atomic E-state index is 13.1. The summed E-state index contributed by atoms with van der Waals surface area (Å²) in [5.74, 6) is -2.10. The normalized spacial score (nSPS) is 12.0. The van der Waals surface area contributed by atoms with E-state index in [4.69, 9.17) is 0 Å². The molecular weight excluding hydrogens is 340 g/mol. The number of alkyl halides is 1. The molecule has 1 N–H and O–H groups in total. The van der Waals surface area contributed by atoms with Crippen LogP contribution in [0.1, 0.15) is 17.2 Å². The van der Waals surface area contributed by atoms with Gasteiger partial charge in [0.25, 0.3) is 0 Å². The van der Waals surface area contributed by atoms with Crippen molar-refractivity contribution in [1.82, 2.24) is 5.32 Å². The summed E-state index contributed by atoms with van der Waals surface area (Å²) >= 11 is 3.36. The highest BCUT2D eigenvalue weighted by molar-refractivity contribution is 9.09. The maximum Gasteiger partial charge on any atom is 0.224 e. The molecule has 0 fully saturated rings. The fourth-order valence-electron chi connectivity index (χ4n) is 1.98. The molecule has 0 saturated carbocycles. The zero-order valence-corrected chi connectivity index (χ0v) is 12.7. The average Bonchev–Trinajstić information content (AvgIpc) is 2.49. The van der Waals surface area contributed by atoms with Crippen LogP contribution in [0.3, 0.4) is 0 Å². The highest BCUT2D eigenvalue weighted by Gasteiger charge is 2.14. The molecule has 2 aromatic carbocycles. The Balaban J connectivity index is 2.01. The molecule has 0 aliphatic rings. The molecule has 2 rings (SSSR count). The van der Waals surface area contributed by atoms with Crippen LogP contribution in [0.15, 0.2) is 48.5 Å². The average molecular weight is 354 g/mol. The number of hydrogen-bond acceptors (Lipinski definition) is 1. The third-order valence-electron chi connectivity index (χ3n) is 3.04. The summed E-state index contributed by atoms with van der Waals surface area (Å²) < 4.78 is 25.9. The molecule has 0 aliphatic heterocycles. The topological polar surface area (TPSA) is 29.1 Å². The van der Waals surface area contributed by atoms with Crippen LogP contribution in [0, 0.1) is 11.6 Å². The van der Waals surface area contributed by atoms with E-state index in [1.807, 2.05) is 30.3 Å². The van der Waals surface area contributed by atoms with E-state index in [0.29, 0.717) is 10.9 Å². The van der Waals surface area contributed by atoms with Gasteiger partial charge < -0.3 is 5.32 Å². The van der Waals surface area contributed by atoms with Crippen LogP contribution < -0.4 is 5.32 Å². The number of benzene rings is 2. The summed E-state index contributed by atoms with van der Waals surface area (Å²) in [5.41, 5.74) is 1.42. The summed E-state index contributed by atoms with van der Waals surface area (Å²) in [6.07, 6.45) is 0.00747. The molecule has 1 unspecified atom stereocenters. The highest BCUT2D eigenvalue weighted by Crippen LogP contribution is 2.15. The second-order valence-corrected chi connectivity index (χ2v) is 5.26. The lowest BCUT2D eigenvalue weighted by molar-refractivity contribution is -0.121. The molecular formula is C16H14BrF2NO. The van der Waals surface area contributed by atoms with Gasteiger partial charge in [-0.3, -0.25) is 4.79 Å². The van der Waals surface area contributed by atoms with Gasteiger partial charge in [0.2, 0.25) is 5.91 Å². The zero-order chi connectivity index (χ0) is 15.2. The lowest BCUT2D eigenvalue weighted by Gasteiger charge is -2.16. The molecule has 1 atom stereocenters. The smallest absolute Gasteiger partial charge is 0.224 e. The summed E-state index contributed by atoms with van der Waals surface area (Å²) in [6.45, 7) is 0. The number of carbonyl (C=O) groups excluding carboxylic acids is 1. The van der Waals surface area contributed by atoms with E-state index in [-0.39, 0.29) is 18.4 Å². The fraction of sp³-hybridized carbons (Fsp3) is 0.188. The summed E-state index contributed by atoms with van der Waals surface area (Å²) in [6, 6.07) is 12.8. The Morgan fingerprint density at radius 3 is 2.43 bits per heavy atom. The molecule has 0 radical (unpaired) electrons. The summed E-state index contributed by atoms with van der Waals surface area (Å²) in [4.78, 5) is 12.0.